The van der Waals surface area contributed by atoms with Crippen molar-refractivity contribution in [3.63, 3.8) is 0 Å². The maximum Gasteiger partial charge on any atom is 0.367 e. The number of nitrogens with zero attached hydrogens (tertiary/aromatic N) is 1. The Balaban J connectivity index is 1.59. The highest BCUT2D eigenvalue weighted by Gasteiger charge is 2.71. The lowest BCUT2D eigenvalue weighted by molar-refractivity contribution is -0.130. The summed E-state index contributed by atoms with van der Waals surface area (Å²) in [6, 6.07) is 14.0. The van der Waals surface area contributed by atoms with Crippen molar-refractivity contribution in [1.29, 1.82) is 0 Å². The summed E-state index contributed by atoms with van der Waals surface area (Å²) in [5, 5.41) is 7.64. The fourth-order valence-corrected chi connectivity index (χ4v) is 5.46. The van der Waals surface area contributed by atoms with Gasteiger partial charge < -0.3 is 14.9 Å². The molecule has 168 valence electrons. The SMILES string of the molecule is COc1cccc(NC(=O)C23CCC(C)(C(=NOC(=O)c4ccccc4Cl)C2)C3(C)C)c1. The Hall–Kier alpha value is -2.86. The molecule has 0 aromatic heterocycles. The molecule has 2 fully saturated rings. The van der Waals surface area contributed by atoms with Gasteiger partial charge in [0, 0.05) is 23.6 Å². The van der Waals surface area contributed by atoms with Crippen molar-refractivity contribution in [2.45, 2.75) is 40.0 Å². The Kier molecular flexibility index (Phi) is 5.53. The average Bonchev–Trinajstić information content (AvgIpc) is 3.08. The summed E-state index contributed by atoms with van der Waals surface area (Å²) in [6.45, 7) is 6.30. The number of amides is 1. The molecule has 1 N–H and O–H groups in total. The quantitative estimate of drug-likeness (QED) is 0.463. The van der Waals surface area contributed by atoms with E-state index >= 15 is 0 Å². The number of anilines is 1. The Labute approximate surface area is 192 Å². The molecule has 0 spiro atoms. The van der Waals surface area contributed by atoms with E-state index in [1.165, 1.54) is 0 Å². The first kappa shape index (κ1) is 22.3. The predicted octanol–water partition coefficient (Wildman–Crippen LogP) is 5.72. The van der Waals surface area contributed by atoms with Crippen LogP contribution in [0, 0.1) is 16.2 Å². The van der Waals surface area contributed by atoms with E-state index < -0.39 is 11.4 Å². The third-order valence-corrected chi connectivity index (χ3v) is 8.16. The van der Waals surface area contributed by atoms with Crippen LogP contribution in [0.15, 0.2) is 53.7 Å². The summed E-state index contributed by atoms with van der Waals surface area (Å²) in [6.07, 6.45) is 1.96. The van der Waals surface area contributed by atoms with E-state index in [-0.39, 0.29) is 22.3 Å². The van der Waals surface area contributed by atoms with Crippen LogP contribution >= 0.6 is 11.6 Å². The molecule has 2 aliphatic carbocycles. The normalized spacial score (nSPS) is 26.7. The van der Waals surface area contributed by atoms with E-state index in [0.717, 1.165) is 18.6 Å². The van der Waals surface area contributed by atoms with Gasteiger partial charge in [0.25, 0.3) is 0 Å². The largest absolute Gasteiger partial charge is 0.497 e. The van der Waals surface area contributed by atoms with Crippen molar-refractivity contribution in [2.75, 3.05) is 12.4 Å². The standard InChI is InChI=1S/C25H27ClN2O4/c1-23(2)24(3)12-13-25(23,22(30)27-16-8-7-9-17(14-16)31-4)15-20(24)28-32-21(29)18-10-5-6-11-19(18)26/h5-11,14H,12-13,15H2,1-4H3,(H,27,30). The van der Waals surface area contributed by atoms with Crippen molar-refractivity contribution in [3.8, 4) is 5.75 Å². The smallest absolute Gasteiger partial charge is 0.367 e. The van der Waals surface area contributed by atoms with Gasteiger partial charge in [-0.15, -0.1) is 0 Å². The first-order valence-corrected chi connectivity index (χ1v) is 11.0. The van der Waals surface area contributed by atoms with Gasteiger partial charge in [-0.2, -0.15) is 0 Å². The Morgan fingerprint density at radius 1 is 1.06 bits per heavy atom. The third kappa shape index (κ3) is 3.28. The average molecular weight is 455 g/mol. The van der Waals surface area contributed by atoms with Crippen LogP contribution in [0.1, 0.15) is 50.4 Å². The van der Waals surface area contributed by atoms with E-state index in [9.17, 15) is 9.59 Å². The second-order valence-corrected chi connectivity index (χ2v) is 9.71. The van der Waals surface area contributed by atoms with Gasteiger partial charge in [0.1, 0.15) is 5.75 Å². The number of rotatable bonds is 5. The number of hydrogen-bond donors (Lipinski definition) is 1. The van der Waals surface area contributed by atoms with Crippen LogP contribution in [0.2, 0.25) is 5.02 Å². The van der Waals surface area contributed by atoms with Crippen molar-refractivity contribution in [1.82, 2.24) is 0 Å². The van der Waals surface area contributed by atoms with Crippen molar-refractivity contribution < 1.29 is 19.2 Å². The van der Waals surface area contributed by atoms with Crippen LogP contribution in [-0.2, 0) is 9.63 Å². The number of oxime groups is 1. The fourth-order valence-electron chi connectivity index (χ4n) is 5.25. The molecular weight excluding hydrogens is 428 g/mol. The van der Waals surface area contributed by atoms with E-state index in [1.54, 1.807) is 37.4 Å². The predicted molar refractivity (Wildman–Crippen MR) is 124 cm³/mol. The highest BCUT2D eigenvalue weighted by atomic mass is 35.5. The summed E-state index contributed by atoms with van der Waals surface area (Å²) < 4.78 is 5.27. The molecule has 7 heteroatoms. The van der Waals surface area contributed by atoms with Crippen LogP contribution < -0.4 is 10.1 Å². The molecule has 0 radical (unpaired) electrons. The zero-order valence-electron chi connectivity index (χ0n) is 18.7. The van der Waals surface area contributed by atoms with Gasteiger partial charge in [0.2, 0.25) is 5.91 Å². The summed E-state index contributed by atoms with van der Waals surface area (Å²) in [5.74, 6) is 0.0141. The van der Waals surface area contributed by atoms with Gasteiger partial charge in [-0.05, 0) is 42.5 Å². The maximum atomic E-state index is 13.6. The molecule has 2 aromatic rings. The Bertz CT molecular complexity index is 1110. The van der Waals surface area contributed by atoms with Crippen LogP contribution in [0.5, 0.6) is 5.75 Å². The Morgan fingerprint density at radius 2 is 1.81 bits per heavy atom. The van der Waals surface area contributed by atoms with E-state index in [4.69, 9.17) is 21.2 Å². The third-order valence-electron chi connectivity index (χ3n) is 7.83. The molecule has 2 aromatic carbocycles. The number of benzene rings is 2. The van der Waals surface area contributed by atoms with Gasteiger partial charge in [-0.1, -0.05) is 55.7 Å². The molecule has 2 atom stereocenters. The lowest BCUT2D eigenvalue weighted by Crippen LogP contribution is -2.43. The first-order chi connectivity index (χ1) is 15.1. The molecule has 0 saturated heterocycles. The highest BCUT2D eigenvalue weighted by molar-refractivity contribution is 6.33. The zero-order valence-corrected chi connectivity index (χ0v) is 19.5. The van der Waals surface area contributed by atoms with Gasteiger partial charge in [-0.3, -0.25) is 4.79 Å². The molecule has 1 amide bonds. The lowest BCUT2D eigenvalue weighted by Gasteiger charge is -2.39. The Morgan fingerprint density at radius 3 is 2.53 bits per heavy atom. The molecule has 4 rings (SSSR count). The molecule has 0 heterocycles. The number of carbonyl (C=O) groups is 2. The molecule has 32 heavy (non-hydrogen) atoms. The van der Waals surface area contributed by atoms with Gasteiger partial charge in [-0.25, -0.2) is 4.79 Å². The fraction of sp³-hybridized carbons (Fsp3) is 0.400. The van der Waals surface area contributed by atoms with Crippen LogP contribution in [0.4, 0.5) is 5.69 Å². The van der Waals surface area contributed by atoms with E-state index in [1.807, 2.05) is 18.2 Å². The molecule has 2 unspecified atom stereocenters. The number of ether oxygens (including phenoxy) is 1. The minimum absolute atomic E-state index is 0.0536. The van der Waals surface area contributed by atoms with Crippen molar-refractivity contribution in [3.05, 3.63) is 59.1 Å². The second kappa shape index (κ2) is 7.93. The van der Waals surface area contributed by atoms with Crippen LogP contribution in [-0.4, -0.2) is 24.7 Å². The number of carbonyl (C=O) groups excluding carboxylic acids is 2. The number of hydrogen-bond acceptors (Lipinski definition) is 5. The van der Waals surface area contributed by atoms with Crippen molar-refractivity contribution >= 4 is 34.9 Å². The first-order valence-electron chi connectivity index (χ1n) is 10.6. The zero-order chi connectivity index (χ0) is 23.1. The van der Waals surface area contributed by atoms with Gasteiger partial charge >= 0.3 is 5.97 Å². The minimum atomic E-state index is -0.652. The van der Waals surface area contributed by atoms with E-state index in [0.29, 0.717) is 22.9 Å². The summed E-state index contributed by atoms with van der Waals surface area (Å²) in [7, 11) is 1.59. The topological polar surface area (TPSA) is 77.0 Å². The summed E-state index contributed by atoms with van der Waals surface area (Å²) in [4.78, 5) is 31.4. The lowest BCUT2D eigenvalue weighted by atomic mass is 9.64. The summed E-state index contributed by atoms with van der Waals surface area (Å²) in [5.41, 5.74) is 0.286. The highest BCUT2D eigenvalue weighted by Crippen LogP contribution is 2.71. The number of halogens is 1. The number of fused-ring (bicyclic) bond motifs is 2. The number of methoxy groups -OCH3 is 1. The molecule has 2 saturated carbocycles. The molecule has 2 bridgehead atoms. The van der Waals surface area contributed by atoms with Crippen LogP contribution in [0.25, 0.3) is 0 Å². The van der Waals surface area contributed by atoms with Gasteiger partial charge in [0.15, 0.2) is 0 Å². The molecular formula is C25H27ClN2O4. The van der Waals surface area contributed by atoms with Crippen molar-refractivity contribution in [2.24, 2.45) is 21.4 Å². The maximum absolute atomic E-state index is 13.6. The monoisotopic (exact) mass is 454 g/mol. The second-order valence-electron chi connectivity index (χ2n) is 9.30. The number of nitrogens with one attached hydrogen (secondary N) is 1. The molecule has 0 aliphatic heterocycles. The van der Waals surface area contributed by atoms with E-state index in [2.05, 4.69) is 31.2 Å². The minimum Gasteiger partial charge on any atom is -0.497 e. The van der Waals surface area contributed by atoms with Gasteiger partial charge in [0.05, 0.1) is 28.8 Å². The summed E-state index contributed by atoms with van der Waals surface area (Å²) >= 11 is 6.10. The molecule has 6 nitrogen and oxygen atoms in total. The van der Waals surface area contributed by atoms with Crippen LogP contribution in [0.3, 0.4) is 0 Å². The molecule has 2 aliphatic rings.